The van der Waals surface area contributed by atoms with Crippen molar-refractivity contribution in [1.29, 1.82) is 5.26 Å². The van der Waals surface area contributed by atoms with Crippen LogP contribution in [0.1, 0.15) is 23.4 Å². The third-order valence-corrected chi connectivity index (χ3v) is 4.03. The fraction of sp³-hybridized carbons (Fsp3) is 0.300. The maximum absolute atomic E-state index is 13.2. The molecular weight excluding hydrogens is 333 g/mol. The van der Waals surface area contributed by atoms with Crippen molar-refractivity contribution in [2.75, 3.05) is 20.3 Å². The molecule has 5 nitrogen and oxygen atoms in total. The summed E-state index contributed by atoms with van der Waals surface area (Å²) < 4.78 is 20.0. The summed E-state index contributed by atoms with van der Waals surface area (Å²) in [4.78, 5) is 12.2. The SMILES string of the molecule is COCCCNC(=O)/C(C#N)=C/c1cc(C)n(-c2ccc(F)cc2)c1C. The number of hydrogen-bond donors (Lipinski definition) is 1. The van der Waals surface area contributed by atoms with E-state index in [9.17, 15) is 14.4 Å². The van der Waals surface area contributed by atoms with Crippen molar-refractivity contribution in [1.82, 2.24) is 9.88 Å². The zero-order valence-electron chi connectivity index (χ0n) is 15.2. The Hall–Kier alpha value is -2.91. The number of benzene rings is 1. The molecule has 1 amide bonds. The molecule has 0 saturated carbocycles. The number of methoxy groups -OCH3 is 1. The lowest BCUT2D eigenvalue weighted by molar-refractivity contribution is -0.117. The zero-order valence-corrected chi connectivity index (χ0v) is 15.2. The number of aryl methyl sites for hydroxylation is 1. The minimum absolute atomic E-state index is 0.0433. The highest BCUT2D eigenvalue weighted by molar-refractivity contribution is 6.01. The smallest absolute Gasteiger partial charge is 0.261 e. The van der Waals surface area contributed by atoms with Crippen LogP contribution in [-0.2, 0) is 9.53 Å². The van der Waals surface area contributed by atoms with E-state index in [1.165, 1.54) is 12.1 Å². The van der Waals surface area contributed by atoms with Crippen LogP contribution in [0.4, 0.5) is 4.39 Å². The molecule has 0 aliphatic heterocycles. The maximum atomic E-state index is 13.2. The molecule has 2 rings (SSSR count). The van der Waals surface area contributed by atoms with Gasteiger partial charge in [-0.15, -0.1) is 0 Å². The summed E-state index contributed by atoms with van der Waals surface area (Å²) >= 11 is 0. The van der Waals surface area contributed by atoms with Crippen molar-refractivity contribution in [3.05, 3.63) is 58.7 Å². The van der Waals surface area contributed by atoms with E-state index in [-0.39, 0.29) is 11.4 Å². The van der Waals surface area contributed by atoms with Crippen LogP contribution in [0.2, 0.25) is 0 Å². The Labute approximate surface area is 152 Å². The number of carbonyl (C=O) groups excluding carboxylic acids is 1. The third-order valence-electron chi connectivity index (χ3n) is 4.03. The number of rotatable bonds is 7. The Kier molecular flexibility index (Phi) is 6.70. The molecule has 0 unspecified atom stereocenters. The highest BCUT2D eigenvalue weighted by Gasteiger charge is 2.13. The van der Waals surface area contributed by atoms with E-state index in [0.29, 0.717) is 19.6 Å². The molecule has 6 heteroatoms. The van der Waals surface area contributed by atoms with Gasteiger partial charge in [0.25, 0.3) is 5.91 Å². The molecular formula is C20H22FN3O2. The molecule has 0 bridgehead atoms. The molecule has 1 heterocycles. The molecule has 0 spiro atoms. The number of nitriles is 1. The van der Waals surface area contributed by atoms with E-state index < -0.39 is 5.91 Å². The summed E-state index contributed by atoms with van der Waals surface area (Å²) in [6, 6.07) is 10.0. The molecule has 0 atom stereocenters. The van der Waals surface area contributed by atoms with Gasteiger partial charge in [0.05, 0.1) is 0 Å². The second-order valence-corrected chi connectivity index (χ2v) is 5.91. The first-order valence-electron chi connectivity index (χ1n) is 8.31. The van der Waals surface area contributed by atoms with Gasteiger partial charge in [-0.1, -0.05) is 0 Å². The van der Waals surface area contributed by atoms with E-state index in [1.807, 2.05) is 30.6 Å². The van der Waals surface area contributed by atoms with Gasteiger partial charge in [-0.05, 0) is 62.2 Å². The number of amides is 1. The van der Waals surface area contributed by atoms with Crippen molar-refractivity contribution >= 4 is 12.0 Å². The lowest BCUT2D eigenvalue weighted by atomic mass is 10.1. The minimum Gasteiger partial charge on any atom is -0.385 e. The van der Waals surface area contributed by atoms with Crippen LogP contribution in [-0.4, -0.2) is 30.7 Å². The Morgan fingerprint density at radius 1 is 1.35 bits per heavy atom. The summed E-state index contributed by atoms with van der Waals surface area (Å²) in [5.41, 5.74) is 3.44. The van der Waals surface area contributed by atoms with E-state index in [1.54, 1.807) is 25.3 Å². The number of nitrogens with one attached hydrogen (secondary N) is 1. The van der Waals surface area contributed by atoms with E-state index in [4.69, 9.17) is 4.74 Å². The summed E-state index contributed by atoms with van der Waals surface area (Å²) in [6.07, 6.45) is 2.26. The van der Waals surface area contributed by atoms with Gasteiger partial charge in [0.15, 0.2) is 0 Å². The molecule has 1 aromatic carbocycles. The van der Waals surface area contributed by atoms with Crippen molar-refractivity contribution in [2.45, 2.75) is 20.3 Å². The first-order valence-corrected chi connectivity index (χ1v) is 8.31. The zero-order chi connectivity index (χ0) is 19.1. The molecule has 1 aromatic heterocycles. The first kappa shape index (κ1) is 19.4. The number of ether oxygens (including phenoxy) is 1. The maximum Gasteiger partial charge on any atom is 0.261 e. The fourth-order valence-electron chi connectivity index (χ4n) is 2.74. The average molecular weight is 355 g/mol. The monoisotopic (exact) mass is 355 g/mol. The normalized spacial score (nSPS) is 11.3. The number of halogens is 1. The largest absolute Gasteiger partial charge is 0.385 e. The summed E-state index contributed by atoms with van der Waals surface area (Å²) in [6.45, 7) is 4.81. The van der Waals surface area contributed by atoms with Gasteiger partial charge in [-0.2, -0.15) is 5.26 Å². The topological polar surface area (TPSA) is 67.0 Å². The van der Waals surface area contributed by atoms with Crippen LogP contribution in [0.25, 0.3) is 11.8 Å². The van der Waals surface area contributed by atoms with E-state index in [2.05, 4.69) is 5.32 Å². The molecule has 0 fully saturated rings. The molecule has 0 aliphatic carbocycles. The lowest BCUT2D eigenvalue weighted by Gasteiger charge is -2.09. The Morgan fingerprint density at radius 2 is 2.04 bits per heavy atom. The van der Waals surface area contributed by atoms with Crippen molar-refractivity contribution < 1.29 is 13.9 Å². The average Bonchev–Trinajstić information content (AvgIpc) is 2.91. The van der Waals surface area contributed by atoms with Crippen molar-refractivity contribution in [3.8, 4) is 11.8 Å². The summed E-state index contributed by atoms with van der Waals surface area (Å²) in [7, 11) is 1.60. The number of nitrogens with zero attached hydrogens (tertiary/aromatic N) is 2. The molecule has 2 aromatic rings. The minimum atomic E-state index is -0.407. The summed E-state index contributed by atoms with van der Waals surface area (Å²) in [5.74, 6) is -0.705. The van der Waals surface area contributed by atoms with Crippen molar-refractivity contribution in [3.63, 3.8) is 0 Å². The van der Waals surface area contributed by atoms with Gasteiger partial charge in [-0.3, -0.25) is 4.79 Å². The van der Waals surface area contributed by atoms with Gasteiger partial charge >= 0.3 is 0 Å². The molecule has 136 valence electrons. The van der Waals surface area contributed by atoms with Crippen LogP contribution in [0.3, 0.4) is 0 Å². The number of hydrogen-bond acceptors (Lipinski definition) is 3. The van der Waals surface area contributed by atoms with Gasteiger partial charge in [0, 0.05) is 37.3 Å². The van der Waals surface area contributed by atoms with Crippen LogP contribution >= 0.6 is 0 Å². The lowest BCUT2D eigenvalue weighted by Crippen LogP contribution is -2.26. The highest BCUT2D eigenvalue weighted by atomic mass is 19.1. The highest BCUT2D eigenvalue weighted by Crippen LogP contribution is 2.23. The first-order chi connectivity index (χ1) is 12.5. The summed E-state index contributed by atoms with van der Waals surface area (Å²) in [5, 5.41) is 12.0. The van der Waals surface area contributed by atoms with Gasteiger partial charge in [0.1, 0.15) is 17.5 Å². The number of aromatic nitrogens is 1. The van der Waals surface area contributed by atoms with Gasteiger partial charge < -0.3 is 14.6 Å². The predicted octanol–water partition coefficient (Wildman–Crippen LogP) is 3.29. The van der Waals surface area contributed by atoms with Gasteiger partial charge in [-0.25, -0.2) is 4.39 Å². The van der Waals surface area contributed by atoms with E-state index in [0.717, 1.165) is 22.6 Å². The standard InChI is InChI=1S/C20H22FN3O2/c1-14-11-16(12-17(13-22)20(25)23-9-4-10-26-3)15(2)24(14)19-7-5-18(21)6-8-19/h5-8,11-12H,4,9-10H2,1-3H3,(H,23,25)/b17-12+. The molecule has 0 saturated heterocycles. The van der Waals surface area contributed by atoms with Crippen LogP contribution in [0, 0.1) is 31.0 Å². The van der Waals surface area contributed by atoms with Crippen LogP contribution in [0.15, 0.2) is 35.9 Å². The van der Waals surface area contributed by atoms with E-state index >= 15 is 0 Å². The molecule has 1 N–H and O–H groups in total. The molecule has 0 radical (unpaired) electrons. The molecule has 26 heavy (non-hydrogen) atoms. The number of carbonyl (C=O) groups is 1. The Balaban J connectivity index is 2.26. The van der Waals surface area contributed by atoms with Gasteiger partial charge in [0.2, 0.25) is 0 Å². The second kappa shape index (κ2) is 8.97. The molecule has 0 aliphatic rings. The predicted molar refractivity (Wildman–Crippen MR) is 98.3 cm³/mol. The van der Waals surface area contributed by atoms with Crippen LogP contribution in [0.5, 0.6) is 0 Å². The second-order valence-electron chi connectivity index (χ2n) is 5.91. The van der Waals surface area contributed by atoms with Crippen LogP contribution < -0.4 is 5.32 Å². The Bertz CT molecular complexity index is 845. The fourth-order valence-corrected chi connectivity index (χ4v) is 2.74. The Morgan fingerprint density at radius 3 is 2.65 bits per heavy atom. The quantitative estimate of drug-likeness (QED) is 0.471. The van der Waals surface area contributed by atoms with Crippen molar-refractivity contribution in [2.24, 2.45) is 0 Å². The third kappa shape index (κ3) is 4.58.